The van der Waals surface area contributed by atoms with E-state index in [4.69, 9.17) is 11.6 Å². The molecule has 27 heavy (non-hydrogen) atoms. The minimum absolute atomic E-state index is 0.188. The van der Waals surface area contributed by atoms with E-state index in [1.54, 1.807) is 48.5 Å². The third kappa shape index (κ3) is 5.39. The molecule has 0 heterocycles. The van der Waals surface area contributed by atoms with Gasteiger partial charge in [0.15, 0.2) is 0 Å². The van der Waals surface area contributed by atoms with E-state index in [-0.39, 0.29) is 4.90 Å². The van der Waals surface area contributed by atoms with Crippen molar-refractivity contribution in [3.05, 3.63) is 100 Å². The van der Waals surface area contributed by atoms with Crippen LogP contribution in [0.1, 0.15) is 11.1 Å². The quantitative estimate of drug-likeness (QED) is 0.523. The summed E-state index contributed by atoms with van der Waals surface area (Å²) in [5.41, 5.74) is 1.97. The van der Waals surface area contributed by atoms with Crippen LogP contribution < -0.4 is 0 Å². The van der Waals surface area contributed by atoms with Gasteiger partial charge in [-0.3, -0.25) is 0 Å². The first-order chi connectivity index (χ1) is 12.9. The molecule has 138 valence electrons. The zero-order chi connectivity index (χ0) is 19.3. The van der Waals surface area contributed by atoms with Gasteiger partial charge in [-0.05, 0) is 71.1 Å². The Bertz CT molecular complexity index is 1070. The minimum Gasteiger partial charge on any atom is -0.199 e. The summed E-state index contributed by atoms with van der Waals surface area (Å²) < 4.78 is 29.8. The second-order valence-electron chi connectivity index (χ2n) is 5.84. The molecular weight excluding hydrogens is 398 g/mol. The summed E-state index contributed by atoms with van der Waals surface area (Å²) in [6, 6.07) is 23.5. The van der Waals surface area contributed by atoms with Crippen LogP contribution in [0.5, 0.6) is 0 Å². The fraction of sp³-hybridized carbons (Fsp3) is 0.0476. The molecule has 0 radical (unpaired) electrons. The fourth-order valence-corrected chi connectivity index (χ4v) is 5.48. The molecule has 0 bridgehead atoms. The highest BCUT2D eigenvalue weighted by atomic mass is 35.5. The zero-order valence-corrected chi connectivity index (χ0v) is 17.0. The number of hydrogen-bond acceptors (Lipinski definition) is 2. The van der Waals surface area contributed by atoms with E-state index in [0.29, 0.717) is 5.02 Å². The first kappa shape index (κ1) is 19.5. The Morgan fingerprint density at radius 3 is 2.15 bits per heavy atom. The first-order valence-corrected chi connectivity index (χ1v) is 11.3. The van der Waals surface area contributed by atoms with E-state index in [1.165, 1.54) is 0 Å². The lowest BCUT2D eigenvalue weighted by Gasteiger charge is -2.06. The Labute approximate surface area is 167 Å². The molecule has 0 N–H and O–H groups in total. The van der Waals surface area contributed by atoms with E-state index in [2.05, 4.69) is 3.77 Å². The molecule has 3 aromatic carbocycles. The monoisotopic (exact) mass is 415 g/mol. The molecule has 0 amide bonds. The van der Waals surface area contributed by atoms with Crippen LogP contribution in [-0.4, -0.2) is 8.42 Å². The smallest absolute Gasteiger partial charge is 0.199 e. The van der Waals surface area contributed by atoms with Gasteiger partial charge in [0.2, 0.25) is 0 Å². The highest BCUT2D eigenvalue weighted by Gasteiger charge is 2.14. The van der Waals surface area contributed by atoms with Gasteiger partial charge in [0.25, 0.3) is 10.0 Å². The molecule has 0 saturated heterocycles. The summed E-state index contributed by atoms with van der Waals surface area (Å²) in [6.45, 7) is 1.91. The van der Waals surface area contributed by atoms with Gasteiger partial charge in [-0.15, -0.1) is 3.77 Å². The molecule has 1 atom stereocenters. The number of aryl methyl sites for hydroxylation is 1. The van der Waals surface area contributed by atoms with Gasteiger partial charge in [-0.1, -0.05) is 59.6 Å². The molecule has 0 spiro atoms. The summed E-state index contributed by atoms with van der Waals surface area (Å²) in [5.74, 6) is 0. The van der Waals surface area contributed by atoms with Crippen molar-refractivity contribution in [2.24, 2.45) is 3.77 Å². The van der Waals surface area contributed by atoms with E-state index in [1.807, 2.05) is 48.7 Å². The van der Waals surface area contributed by atoms with E-state index >= 15 is 0 Å². The zero-order valence-electron chi connectivity index (χ0n) is 14.6. The molecular formula is C21H18ClNO2S2. The molecule has 0 aliphatic heterocycles. The van der Waals surface area contributed by atoms with Crippen LogP contribution in [0.3, 0.4) is 0 Å². The van der Waals surface area contributed by atoms with Gasteiger partial charge < -0.3 is 0 Å². The lowest BCUT2D eigenvalue weighted by Crippen LogP contribution is -1.99. The van der Waals surface area contributed by atoms with Crippen molar-refractivity contribution in [3.8, 4) is 0 Å². The number of rotatable bonds is 5. The summed E-state index contributed by atoms with van der Waals surface area (Å²) in [4.78, 5) is 0.968. The average Bonchev–Trinajstić information content (AvgIpc) is 2.67. The normalized spacial score (nSPS) is 13.1. The van der Waals surface area contributed by atoms with Crippen molar-refractivity contribution in [1.82, 2.24) is 0 Å². The van der Waals surface area contributed by atoms with Crippen LogP contribution in [0.25, 0.3) is 6.08 Å². The van der Waals surface area contributed by atoms with Crippen molar-refractivity contribution >= 4 is 38.4 Å². The van der Waals surface area contributed by atoms with Gasteiger partial charge in [-0.25, -0.2) is 0 Å². The van der Waals surface area contributed by atoms with Crippen molar-refractivity contribution in [3.63, 3.8) is 0 Å². The third-order valence-electron chi connectivity index (χ3n) is 3.74. The maximum absolute atomic E-state index is 12.8. The van der Waals surface area contributed by atoms with E-state index in [0.717, 1.165) is 16.0 Å². The van der Waals surface area contributed by atoms with Crippen LogP contribution in [0, 0.1) is 6.92 Å². The molecule has 0 fully saturated rings. The maximum atomic E-state index is 12.8. The van der Waals surface area contributed by atoms with Crippen LogP contribution >= 0.6 is 11.6 Å². The van der Waals surface area contributed by atoms with E-state index < -0.39 is 20.7 Å². The standard InChI is InChI=1S/C21H18ClNO2S2/c1-17-7-13-21(14-8-17)27(24,25)23-26(20-11-9-19(22)10-12-20)16-15-18-5-3-2-4-6-18/h2-16H,1H3/b16-15+. The number of hydrogen-bond donors (Lipinski definition) is 0. The van der Waals surface area contributed by atoms with Gasteiger partial charge in [0.05, 0.1) is 4.90 Å². The third-order valence-corrected chi connectivity index (χ3v) is 7.44. The largest absolute Gasteiger partial charge is 0.288 e. The van der Waals surface area contributed by atoms with Crippen LogP contribution in [0.4, 0.5) is 0 Å². The SMILES string of the molecule is Cc1ccc(S(=O)(=O)N=S(/C=C/c2ccccc2)c2ccc(Cl)cc2)cc1. The topological polar surface area (TPSA) is 46.5 Å². The highest BCUT2D eigenvalue weighted by molar-refractivity contribution is 8.01. The Hall–Kier alpha value is -2.21. The summed E-state index contributed by atoms with van der Waals surface area (Å²) in [6.07, 6.45) is 1.88. The van der Waals surface area contributed by atoms with Crippen molar-refractivity contribution in [2.75, 3.05) is 0 Å². The molecule has 3 nitrogen and oxygen atoms in total. The first-order valence-electron chi connectivity index (χ1n) is 8.21. The lowest BCUT2D eigenvalue weighted by molar-refractivity contribution is 0.598. The second-order valence-corrected chi connectivity index (χ2v) is 9.67. The Morgan fingerprint density at radius 2 is 1.52 bits per heavy atom. The Kier molecular flexibility index (Phi) is 6.26. The van der Waals surface area contributed by atoms with Gasteiger partial charge in [0.1, 0.15) is 0 Å². The molecule has 1 unspecified atom stereocenters. The average molecular weight is 416 g/mol. The van der Waals surface area contributed by atoms with Crippen molar-refractivity contribution in [2.45, 2.75) is 16.7 Å². The van der Waals surface area contributed by atoms with Crippen LogP contribution in [-0.2, 0) is 20.7 Å². The number of halogens is 1. The molecule has 6 heteroatoms. The van der Waals surface area contributed by atoms with Gasteiger partial charge >= 0.3 is 0 Å². The predicted octanol–water partition coefficient (Wildman–Crippen LogP) is 5.87. The minimum atomic E-state index is -3.79. The van der Waals surface area contributed by atoms with Crippen molar-refractivity contribution in [1.29, 1.82) is 0 Å². The van der Waals surface area contributed by atoms with Crippen LogP contribution in [0.2, 0.25) is 5.02 Å². The highest BCUT2D eigenvalue weighted by Crippen LogP contribution is 2.21. The molecule has 0 aliphatic carbocycles. The van der Waals surface area contributed by atoms with Crippen LogP contribution in [0.15, 0.2) is 97.8 Å². The number of nitrogens with zero attached hydrogens (tertiary/aromatic N) is 1. The maximum Gasteiger partial charge on any atom is 0.288 e. The van der Waals surface area contributed by atoms with E-state index in [9.17, 15) is 8.42 Å². The fourth-order valence-electron chi connectivity index (χ4n) is 2.29. The predicted molar refractivity (Wildman–Crippen MR) is 113 cm³/mol. The molecule has 3 aromatic rings. The molecule has 0 aliphatic rings. The summed E-state index contributed by atoms with van der Waals surface area (Å²) in [7, 11) is -4.76. The molecule has 0 saturated carbocycles. The number of benzene rings is 3. The molecule has 3 rings (SSSR count). The van der Waals surface area contributed by atoms with Gasteiger partial charge in [0, 0.05) is 9.92 Å². The second kappa shape index (κ2) is 8.65. The Balaban J connectivity index is 2.05. The lowest BCUT2D eigenvalue weighted by atomic mass is 10.2. The van der Waals surface area contributed by atoms with Crippen molar-refractivity contribution < 1.29 is 8.42 Å². The van der Waals surface area contributed by atoms with Gasteiger partial charge in [-0.2, -0.15) is 8.42 Å². The number of sulfonamides is 1. The summed E-state index contributed by atoms with van der Waals surface area (Å²) >= 11 is 5.97. The summed E-state index contributed by atoms with van der Waals surface area (Å²) in [5, 5.41) is 2.40. The molecule has 0 aromatic heterocycles. The Morgan fingerprint density at radius 1 is 0.889 bits per heavy atom.